The summed E-state index contributed by atoms with van der Waals surface area (Å²) >= 11 is 0. The molecule has 0 N–H and O–H groups in total. The van der Waals surface area contributed by atoms with Crippen molar-refractivity contribution >= 4 is 5.97 Å². The van der Waals surface area contributed by atoms with E-state index in [1.807, 2.05) is 0 Å². The Bertz CT molecular complexity index is 353. The zero-order valence-electron chi connectivity index (χ0n) is 9.19. The minimum absolute atomic E-state index is 0.0565. The lowest BCUT2D eigenvalue weighted by atomic mass is 9.87. The van der Waals surface area contributed by atoms with E-state index in [4.69, 9.17) is 4.74 Å². The molecule has 2 nitrogen and oxygen atoms in total. The number of rotatable bonds is 2. The molecule has 0 spiro atoms. The molecule has 1 fully saturated rings. The van der Waals surface area contributed by atoms with E-state index >= 15 is 0 Å². The summed E-state index contributed by atoms with van der Waals surface area (Å²) in [5.74, 6) is 0.691. The topological polar surface area (TPSA) is 26.3 Å². The minimum Gasteiger partial charge on any atom is -0.465 e. The summed E-state index contributed by atoms with van der Waals surface area (Å²) in [5, 5.41) is 0. The van der Waals surface area contributed by atoms with Crippen LogP contribution in [0, 0.1) is 12.8 Å². The number of benzene rings is 1. The smallest absolute Gasteiger partial charge is 0.306 e. The summed E-state index contributed by atoms with van der Waals surface area (Å²) < 4.78 is 4.99. The van der Waals surface area contributed by atoms with Crippen molar-refractivity contribution in [1.29, 1.82) is 0 Å². The molecule has 0 aromatic heterocycles. The van der Waals surface area contributed by atoms with Crippen LogP contribution in [0.25, 0.3) is 0 Å². The first-order valence-electron chi connectivity index (χ1n) is 5.39. The van der Waals surface area contributed by atoms with Crippen LogP contribution in [0.2, 0.25) is 0 Å². The van der Waals surface area contributed by atoms with Crippen LogP contribution >= 0.6 is 0 Å². The van der Waals surface area contributed by atoms with Gasteiger partial charge in [-0.3, -0.25) is 4.79 Å². The Hall–Kier alpha value is -1.31. The molecule has 1 aliphatic heterocycles. The highest BCUT2D eigenvalue weighted by molar-refractivity contribution is 5.71. The second-order valence-corrected chi connectivity index (χ2v) is 4.35. The van der Waals surface area contributed by atoms with Crippen LogP contribution in [0.1, 0.15) is 30.4 Å². The Kier molecular flexibility index (Phi) is 2.76. The van der Waals surface area contributed by atoms with Gasteiger partial charge in [-0.1, -0.05) is 36.8 Å². The molecule has 0 amide bonds. The van der Waals surface area contributed by atoms with Gasteiger partial charge in [-0.15, -0.1) is 0 Å². The Morgan fingerprint density at radius 2 is 2.00 bits per heavy atom. The van der Waals surface area contributed by atoms with E-state index in [1.54, 1.807) is 0 Å². The SMILES string of the molecule is Cc1ccc([C@@H](C)[C@H]2COC(=O)C2)cc1. The first kappa shape index (κ1) is 10.2. The minimum atomic E-state index is -0.0565. The lowest BCUT2D eigenvalue weighted by molar-refractivity contribution is -0.137. The van der Waals surface area contributed by atoms with E-state index in [0.29, 0.717) is 24.9 Å². The summed E-state index contributed by atoms with van der Waals surface area (Å²) in [6, 6.07) is 8.51. The third kappa shape index (κ3) is 2.20. The highest BCUT2D eigenvalue weighted by atomic mass is 16.5. The van der Waals surface area contributed by atoms with E-state index in [0.717, 1.165) is 0 Å². The van der Waals surface area contributed by atoms with Crippen LogP contribution in [-0.2, 0) is 9.53 Å². The summed E-state index contributed by atoms with van der Waals surface area (Å²) in [5.41, 5.74) is 2.56. The van der Waals surface area contributed by atoms with Gasteiger partial charge in [0, 0.05) is 5.92 Å². The zero-order chi connectivity index (χ0) is 10.8. The third-order valence-corrected chi connectivity index (χ3v) is 3.20. The average Bonchev–Trinajstić information content (AvgIpc) is 2.65. The molecule has 0 unspecified atom stereocenters. The zero-order valence-corrected chi connectivity index (χ0v) is 9.19. The van der Waals surface area contributed by atoms with Crippen molar-refractivity contribution in [3.05, 3.63) is 35.4 Å². The second kappa shape index (κ2) is 4.05. The molecule has 0 radical (unpaired) electrons. The van der Waals surface area contributed by atoms with E-state index in [1.165, 1.54) is 11.1 Å². The van der Waals surface area contributed by atoms with Crippen LogP contribution in [0.5, 0.6) is 0 Å². The number of ether oxygens (including phenoxy) is 1. The molecule has 1 saturated heterocycles. The number of hydrogen-bond donors (Lipinski definition) is 0. The van der Waals surface area contributed by atoms with Crippen molar-refractivity contribution < 1.29 is 9.53 Å². The summed E-state index contributed by atoms with van der Waals surface area (Å²) in [6.07, 6.45) is 0.565. The number of esters is 1. The van der Waals surface area contributed by atoms with E-state index < -0.39 is 0 Å². The maximum Gasteiger partial charge on any atom is 0.306 e. The van der Waals surface area contributed by atoms with Crippen LogP contribution < -0.4 is 0 Å². The fourth-order valence-corrected chi connectivity index (χ4v) is 2.00. The molecule has 1 aliphatic rings. The van der Waals surface area contributed by atoms with Gasteiger partial charge in [0.15, 0.2) is 0 Å². The van der Waals surface area contributed by atoms with E-state index in [9.17, 15) is 4.79 Å². The maximum atomic E-state index is 11.0. The van der Waals surface area contributed by atoms with Crippen molar-refractivity contribution in [3.8, 4) is 0 Å². The highest BCUT2D eigenvalue weighted by Crippen LogP contribution is 2.30. The third-order valence-electron chi connectivity index (χ3n) is 3.20. The molecule has 0 bridgehead atoms. The molecular weight excluding hydrogens is 188 g/mol. The number of hydrogen-bond acceptors (Lipinski definition) is 2. The molecule has 2 atom stereocenters. The molecule has 0 aliphatic carbocycles. The second-order valence-electron chi connectivity index (χ2n) is 4.35. The first-order valence-corrected chi connectivity index (χ1v) is 5.39. The van der Waals surface area contributed by atoms with Gasteiger partial charge in [0.2, 0.25) is 0 Å². The highest BCUT2D eigenvalue weighted by Gasteiger charge is 2.29. The lowest BCUT2D eigenvalue weighted by Gasteiger charge is -2.16. The van der Waals surface area contributed by atoms with Crippen molar-refractivity contribution in [1.82, 2.24) is 0 Å². The van der Waals surface area contributed by atoms with Gasteiger partial charge in [-0.05, 0) is 18.4 Å². The molecule has 2 heteroatoms. The molecule has 2 rings (SSSR count). The van der Waals surface area contributed by atoms with Crippen LogP contribution in [-0.4, -0.2) is 12.6 Å². The number of carbonyl (C=O) groups excluding carboxylic acids is 1. The van der Waals surface area contributed by atoms with Crippen LogP contribution in [0.3, 0.4) is 0 Å². The molecule has 80 valence electrons. The average molecular weight is 204 g/mol. The predicted molar refractivity (Wildman–Crippen MR) is 58.7 cm³/mol. The Labute approximate surface area is 90.3 Å². The fraction of sp³-hybridized carbons (Fsp3) is 0.462. The van der Waals surface area contributed by atoms with Gasteiger partial charge >= 0.3 is 5.97 Å². The molecular formula is C13H16O2. The van der Waals surface area contributed by atoms with E-state index in [-0.39, 0.29) is 5.97 Å². The van der Waals surface area contributed by atoms with Gasteiger partial charge in [0.05, 0.1) is 13.0 Å². The van der Waals surface area contributed by atoms with Crippen molar-refractivity contribution in [3.63, 3.8) is 0 Å². The Balaban J connectivity index is 2.10. The van der Waals surface area contributed by atoms with Gasteiger partial charge in [0.1, 0.15) is 0 Å². The normalized spacial score (nSPS) is 22.5. The largest absolute Gasteiger partial charge is 0.465 e. The monoisotopic (exact) mass is 204 g/mol. The lowest BCUT2D eigenvalue weighted by Crippen LogP contribution is -2.09. The van der Waals surface area contributed by atoms with Gasteiger partial charge in [-0.25, -0.2) is 0 Å². The van der Waals surface area contributed by atoms with Crippen molar-refractivity contribution in [2.24, 2.45) is 5.92 Å². The van der Waals surface area contributed by atoms with E-state index in [2.05, 4.69) is 38.1 Å². The van der Waals surface area contributed by atoms with Gasteiger partial charge in [0.25, 0.3) is 0 Å². The van der Waals surface area contributed by atoms with Crippen LogP contribution in [0.4, 0.5) is 0 Å². The van der Waals surface area contributed by atoms with Crippen LogP contribution in [0.15, 0.2) is 24.3 Å². The van der Waals surface area contributed by atoms with Gasteiger partial charge < -0.3 is 4.74 Å². The number of carbonyl (C=O) groups is 1. The molecule has 1 aromatic carbocycles. The van der Waals surface area contributed by atoms with Crippen molar-refractivity contribution in [2.45, 2.75) is 26.2 Å². The predicted octanol–water partition coefficient (Wildman–Crippen LogP) is 2.66. The molecule has 1 heterocycles. The number of cyclic esters (lactones) is 1. The molecule has 1 aromatic rings. The maximum absolute atomic E-state index is 11.0. The first-order chi connectivity index (χ1) is 7.16. The van der Waals surface area contributed by atoms with Gasteiger partial charge in [-0.2, -0.15) is 0 Å². The summed E-state index contributed by atoms with van der Waals surface area (Å²) in [4.78, 5) is 11.0. The summed E-state index contributed by atoms with van der Waals surface area (Å²) in [6.45, 7) is 4.82. The summed E-state index contributed by atoms with van der Waals surface area (Å²) in [7, 11) is 0. The Morgan fingerprint density at radius 1 is 1.33 bits per heavy atom. The molecule has 0 saturated carbocycles. The molecule has 15 heavy (non-hydrogen) atoms. The standard InChI is InChI=1S/C13H16O2/c1-9-3-5-11(6-4-9)10(2)12-7-13(14)15-8-12/h3-6,10,12H,7-8H2,1-2H3/t10-,12-/m1/s1. The Morgan fingerprint density at radius 3 is 2.53 bits per heavy atom. The number of aryl methyl sites for hydroxylation is 1. The quantitative estimate of drug-likeness (QED) is 0.692. The fourth-order valence-electron chi connectivity index (χ4n) is 2.00. The van der Waals surface area contributed by atoms with Crippen molar-refractivity contribution in [2.75, 3.05) is 6.61 Å².